The Morgan fingerprint density at radius 1 is 1.11 bits per heavy atom. The van der Waals surface area contributed by atoms with Gasteiger partial charge in [0.15, 0.2) is 5.66 Å². The van der Waals surface area contributed by atoms with Crippen molar-refractivity contribution >= 4 is 19.5 Å². The Balaban J connectivity index is 2.76. The third-order valence-electron chi connectivity index (χ3n) is 3.27. The maximum absolute atomic E-state index is 11.2. The molecular weight excluding hydrogens is 277 g/mol. The normalized spacial score (nSPS) is 20.1. The lowest BCUT2D eigenvalue weighted by Crippen LogP contribution is -2.37. The summed E-state index contributed by atoms with van der Waals surface area (Å²) in [7, 11) is -5.00. The number of carboxylic acids is 2. The highest BCUT2D eigenvalue weighted by Gasteiger charge is 2.45. The highest BCUT2D eigenvalue weighted by Crippen LogP contribution is 2.46. The van der Waals surface area contributed by atoms with Crippen LogP contribution in [0.5, 0.6) is 0 Å². The van der Waals surface area contributed by atoms with E-state index < -0.39 is 31.1 Å². The molecule has 1 aliphatic heterocycles. The van der Waals surface area contributed by atoms with Gasteiger partial charge in [-0.3, -0.25) is 14.2 Å². The molecule has 2 atom stereocenters. The molecule has 1 fully saturated rings. The SMILES string of the molecule is O=C(O)C(CCN1CCCC1)C(C(=O)O)P(=O)(O)O. The Labute approximate surface area is 110 Å². The molecule has 1 saturated heterocycles. The third kappa shape index (κ3) is 4.58. The van der Waals surface area contributed by atoms with Gasteiger partial charge in [0, 0.05) is 0 Å². The molecule has 8 nitrogen and oxygen atoms in total. The van der Waals surface area contributed by atoms with Crippen LogP contribution in [0.15, 0.2) is 0 Å². The lowest BCUT2D eigenvalue weighted by Gasteiger charge is -2.23. The van der Waals surface area contributed by atoms with Gasteiger partial charge in [-0.05, 0) is 38.9 Å². The monoisotopic (exact) mass is 295 g/mol. The van der Waals surface area contributed by atoms with Crippen molar-refractivity contribution < 1.29 is 34.2 Å². The highest BCUT2D eigenvalue weighted by atomic mass is 31.2. The summed E-state index contributed by atoms with van der Waals surface area (Å²) in [6.07, 6.45) is 1.91. The minimum absolute atomic E-state index is 0.0859. The van der Waals surface area contributed by atoms with E-state index in [0.29, 0.717) is 6.54 Å². The van der Waals surface area contributed by atoms with Gasteiger partial charge in [-0.15, -0.1) is 0 Å². The molecule has 0 aliphatic carbocycles. The van der Waals surface area contributed by atoms with E-state index in [1.165, 1.54) is 0 Å². The van der Waals surface area contributed by atoms with Crippen molar-refractivity contribution in [3.8, 4) is 0 Å². The molecule has 4 N–H and O–H groups in total. The van der Waals surface area contributed by atoms with Crippen LogP contribution in [0.4, 0.5) is 0 Å². The van der Waals surface area contributed by atoms with E-state index >= 15 is 0 Å². The molecule has 110 valence electrons. The molecule has 9 heteroatoms. The molecule has 19 heavy (non-hydrogen) atoms. The Morgan fingerprint density at radius 2 is 1.63 bits per heavy atom. The predicted molar refractivity (Wildman–Crippen MR) is 64.9 cm³/mol. The fourth-order valence-corrected chi connectivity index (χ4v) is 3.33. The van der Waals surface area contributed by atoms with Crippen LogP contribution in [0.1, 0.15) is 19.3 Å². The van der Waals surface area contributed by atoms with Crippen molar-refractivity contribution in [3.05, 3.63) is 0 Å². The Kier molecular flexibility index (Phi) is 5.49. The maximum Gasteiger partial charge on any atom is 0.340 e. The first-order chi connectivity index (χ1) is 8.73. The van der Waals surface area contributed by atoms with Gasteiger partial charge >= 0.3 is 19.5 Å². The number of rotatable bonds is 7. The molecule has 0 saturated carbocycles. The van der Waals surface area contributed by atoms with Crippen LogP contribution in [0.2, 0.25) is 0 Å². The number of hydrogen-bond donors (Lipinski definition) is 4. The minimum Gasteiger partial charge on any atom is -0.481 e. The fraction of sp³-hybridized carbons (Fsp3) is 0.800. The number of aliphatic carboxylic acids is 2. The van der Waals surface area contributed by atoms with Crippen LogP contribution in [-0.4, -0.2) is 62.1 Å². The first-order valence-electron chi connectivity index (χ1n) is 5.96. The van der Waals surface area contributed by atoms with Gasteiger partial charge in [0.25, 0.3) is 0 Å². The molecule has 0 spiro atoms. The van der Waals surface area contributed by atoms with Crippen LogP contribution in [0, 0.1) is 5.92 Å². The number of carbonyl (C=O) groups is 2. The third-order valence-corrected chi connectivity index (χ3v) is 4.57. The maximum atomic E-state index is 11.2. The zero-order valence-corrected chi connectivity index (χ0v) is 11.2. The van der Waals surface area contributed by atoms with Crippen molar-refractivity contribution in [2.75, 3.05) is 19.6 Å². The lowest BCUT2D eigenvalue weighted by molar-refractivity contribution is -0.148. The zero-order valence-electron chi connectivity index (χ0n) is 10.3. The van der Waals surface area contributed by atoms with Gasteiger partial charge in [-0.25, -0.2) is 0 Å². The van der Waals surface area contributed by atoms with Gasteiger partial charge in [-0.2, -0.15) is 0 Å². The van der Waals surface area contributed by atoms with Gasteiger partial charge in [0.2, 0.25) is 0 Å². The van der Waals surface area contributed by atoms with Crippen molar-refractivity contribution in [2.45, 2.75) is 24.9 Å². The average Bonchev–Trinajstić information content (AvgIpc) is 2.73. The molecule has 0 radical (unpaired) electrons. The van der Waals surface area contributed by atoms with Crippen molar-refractivity contribution in [3.63, 3.8) is 0 Å². The molecule has 0 aromatic carbocycles. The number of nitrogens with zero attached hydrogens (tertiary/aromatic N) is 1. The summed E-state index contributed by atoms with van der Waals surface area (Å²) in [6.45, 7) is 1.95. The molecular formula is C10H18NO7P. The van der Waals surface area contributed by atoms with E-state index in [1.54, 1.807) is 0 Å². The summed E-state index contributed by atoms with van der Waals surface area (Å²) < 4.78 is 11.2. The van der Waals surface area contributed by atoms with E-state index in [1.807, 2.05) is 4.90 Å². The molecule has 1 rings (SSSR count). The lowest BCUT2D eigenvalue weighted by atomic mass is 10.0. The number of likely N-dealkylation sites (tertiary alicyclic amines) is 1. The smallest absolute Gasteiger partial charge is 0.340 e. The minimum atomic E-state index is -5.00. The summed E-state index contributed by atoms with van der Waals surface area (Å²) in [4.78, 5) is 42.0. The molecule has 0 aromatic heterocycles. The van der Waals surface area contributed by atoms with Crippen molar-refractivity contribution in [2.24, 2.45) is 5.92 Å². The second-order valence-corrected chi connectivity index (χ2v) is 6.39. The fourth-order valence-electron chi connectivity index (χ4n) is 2.29. The first kappa shape index (κ1) is 16.1. The van der Waals surface area contributed by atoms with E-state index in [2.05, 4.69) is 0 Å². The Morgan fingerprint density at radius 3 is 2.00 bits per heavy atom. The summed E-state index contributed by atoms with van der Waals surface area (Å²) in [6, 6.07) is 0. The summed E-state index contributed by atoms with van der Waals surface area (Å²) in [5, 5.41) is 17.9. The molecule has 1 heterocycles. The Hall–Kier alpha value is -0.950. The highest BCUT2D eigenvalue weighted by molar-refractivity contribution is 7.53. The molecule has 1 aliphatic rings. The van der Waals surface area contributed by atoms with Crippen LogP contribution in [0.3, 0.4) is 0 Å². The van der Waals surface area contributed by atoms with E-state index in [-0.39, 0.29) is 6.42 Å². The van der Waals surface area contributed by atoms with Gasteiger partial charge in [-0.1, -0.05) is 0 Å². The molecule has 0 amide bonds. The van der Waals surface area contributed by atoms with Crippen LogP contribution in [-0.2, 0) is 14.2 Å². The summed E-state index contributed by atoms with van der Waals surface area (Å²) in [5.41, 5.74) is -2.19. The topological polar surface area (TPSA) is 135 Å². The summed E-state index contributed by atoms with van der Waals surface area (Å²) >= 11 is 0. The van der Waals surface area contributed by atoms with E-state index in [4.69, 9.17) is 20.0 Å². The Bertz CT molecular complexity index is 387. The van der Waals surface area contributed by atoms with Crippen LogP contribution < -0.4 is 0 Å². The van der Waals surface area contributed by atoms with Gasteiger partial charge < -0.3 is 24.9 Å². The van der Waals surface area contributed by atoms with E-state index in [9.17, 15) is 14.2 Å². The van der Waals surface area contributed by atoms with Gasteiger partial charge in [0.05, 0.1) is 5.92 Å². The zero-order chi connectivity index (χ0) is 14.6. The van der Waals surface area contributed by atoms with Crippen molar-refractivity contribution in [1.29, 1.82) is 0 Å². The average molecular weight is 295 g/mol. The molecule has 2 unspecified atom stereocenters. The summed E-state index contributed by atoms with van der Waals surface area (Å²) in [5.74, 6) is -4.85. The quantitative estimate of drug-likeness (QED) is 0.474. The second-order valence-electron chi connectivity index (χ2n) is 4.65. The number of hydrogen-bond acceptors (Lipinski definition) is 4. The number of carboxylic acid groups (broad SMARTS) is 2. The predicted octanol–water partition coefficient (Wildman–Crippen LogP) is -0.196. The van der Waals surface area contributed by atoms with E-state index in [0.717, 1.165) is 25.9 Å². The first-order valence-corrected chi connectivity index (χ1v) is 7.65. The van der Waals surface area contributed by atoms with Crippen LogP contribution >= 0.6 is 7.60 Å². The van der Waals surface area contributed by atoms with Crippen LogP contribution in [0.25, 0.3) is 0 Å². The van der Waals surface area contributed by atoms with Gasteiger partial charge in [0.1, 0.15) is 0 Å². The molecule has 0 aromatic rings. The standard InChI is InChI=1S/C10H18NO7P/c12-9(13)7(3-6-11-4-1-2-5-11)8(10(14)15)19(16,17)18/h7-8H,1-6H2,(H,12,13)(H,14,15)(H2,16,17,18). The van der Waals surface area contributed by atoms with Crippen molar-refractivity contribution in [1.82, 2.24) is 4.90 Å². The largest absolute Gasteiger partial charge is 0.481 e. The second kappa shape index (κ2) is 6.47. The molecule has 0 bridgehead atoms.